The van der Waals surface area contributed by atoms with Crippen LogP contribution < -0.4 is 15.8 Å². The number of ketones is 1. The standard InChI is InChI=1S/C16H26N2O2S/c1-4-10-6-8-11(9-7-10)18-16-14(20-3)13(17)15(21-16)12(19)5-2/h10-11,18H,4-9,17H2,1-3H3. The minimum atomic E-state index is 0.0820. The molecule has 118 valence electrons. The zero-order valence-electron chi connectivity index (χ0n) is 13.2. The molecule has 2 rings (SSSR count). The molecule has 5 heteroatoms. The summed E-state index contributed by atoms with van der Waals surface area (Å²) in [5.74, 6) is 1.59. The van der Waals surface area contributed by atoms with E-state index in [4.69, 9.17) is 10.5 Å². The second kappa shape index (κ2) is 7.16. The van der Waals surface area contributed by atoms with Crippen molar-refractivity contribution in [2.45, 2.75) is 58.4 Å². The van der Waals surface area contributed by atoms with E-state index in [1.54, 1.807) is 7.11 Å². The molecule has 1 aromatic rings. The van der Waals surface area contributed by atoms with Crippen molar-refractivity contribution in [1.29, 1.82) is 0 Å². The highest BCUT2D eigenvalue weighted by atomic mass is 32.1. The van der Waals surface area contributed by atoms with Gasteiger partial charge in [-0.1, -0.05) is 20.3 Å². The summed E-state index contributed by atoms with van der Waals surface area (Å²) in [6, 6.07) is 0.462. The van der Waals surface area contributed by atoms with Gasteiger partial charge in [-0.05, 0) is 31.6 Å². The van der Waals surface area contributed by atoms with Crippen LogP contribution >= 0.6 is 11.3 Å². The number of nitrogens with one attached hydrogen (secondary N) is 1. The molecule has 1 saturated carbocycles. The number of carbonyl (C=O) groups excluding carboxylic acids is 1. The molecule has 1 fully saturated rings. The summed E-state index contributed by atoms with van der Waals surface area (Å²) < 4.78 is 5.41. The molecule has 0 amide bonds. The molecule has 21 heavy (non-hydrogen) atoms. The predicted octanol–water partition coefficient (Wildman–Crippen LogP) is 4.31. The summed E-state index contributed by atoms with van der Waals surface area (Å²) in [6.07, 6.45) is 6.65. The number of hydrogen-bond acceptors (Lipinski definition) is 5. The average molecular weight is 310 g/mol. The summed E-state index contributed by atoms with van der Waals surface area (Å²) in [6.45, 7) is 4.12. The lowest BCUT2D eigenvalue weighted by atomic mass is 9.84. The second-order valence-electron chi connectivity index (χ2n) is 5.75. The Morgan fingerprint density at radius 3 is 2.52 bits per heavy atom. The molecule has 3 N–H and O–H groups in total. The maximum Gasteiger partial charge on any atom is 0.176 e. The lowest BCUT2D eigenvalue weighted by molar-refractivity contribution is 0.0992. The van der Waals surface area contributed by atoms with E-state index < -0.39 is 0 Å². The first-order chi connectivity index (χ1) is 10.1. The Morgan fingerprint density at radius 1 is 1.33 bits per heavy atom. The van der Waals surface area contributed by atoms with E-state index in [-0.39, 0.29) is 5.78 Å². The Bertz CT molecular complexity index is 491. The smallest absolute Gasteiger partial charge is 0.176 e. The van der Waals surface area contributed by atoms with E-state index in [2.05, 4.69) is 12.2 Å². The molecule has 4 nitrogen and oxygen atoms in total. The number of rotatable bonds is 6. The van der Waals surface area contributed by atoms with Crippen molar-refractivity contribution in [1.82, 2.24) is 0 Å². The Hall–Kier alpha value is -1.23. The van der Waals surface area contributed by atoms with Gasteiger partial charge in [0.25, 0.3) is 0 Å². The van der Waals surface area contributed by atoms with Gasteiger partial charge in [0.2, 0.25) is 0 Å². The van der Waals surface area contributed by atoms with Gasteiger partial charge >= 0.3 is 0 Å². The first-order valence-corrected chi connectivity index (χ1v) is 8.68. The van der Waals surface area contributed by atoms with Crippen LogP contribution in [0.2, 0.25) is 0 Å². The van der Waals surface area contributed by atoms with Gasteiger partial charge in [-0.15, -0.1) is 11.3 Å². The molecule has 1 heterocycles. The Labute approximate surface area is 131 Å². The van der Waals surface area contributed by atoms with Crippen molar-refractivity contribution >= 4 is 27.8 Å². The monoisotopic (exact) mass is 310 g/mol. The fourth-order valence-corrected chi connectivity index (χ4v) is 4.17. The number of nitrogen functional groups attached to an aromatic ring is 1. The first-order valence-electron chi connectivity index (χ1n) is 7.86. The molecule has 1 aromatic heterocycles. The molecule has 0 radical (unpaired) electrons. The summed E-state index contributed by atoms with van der Waals surface area (Å²) in [4.78, 5) is 12.6. The van der Waals surface area contributed by atoms with E-state index >= 15 is 0 Å². The molecular formula is C16H26N2O2S. The van der Waals surface area contributed by atoms with Crippen LogP contribution in [0.1, 0.15) is 62.0 Å². The fraction of sp³-hybridized carbons (Fsp3) is 0.688. The average Bonchev–Trinajstić information content (AvgIpc) is 2.83. The third-order valence-corrected chi connectivity index (χ3v) is 5.60. The molecule has 1 aliphatic carbocycles. The van der Waals surface area contributed by atoms with E-state index in [0.717, 1.165) is 10.9 Å². The van der Waals surface area contributed by atoms with E-state index in [0.29, 0.717) is 28.8 Å². The van der Waals surface area contributed by atoms with Gasteiger partial charge < -0.3 is 15.8 Å². The highest BCUT2D eigenvalue weighted by Gasteiger charge is 2.25. The van der Waals surface area contributed by atoms with Gasteiger partial charge in [-0.3, -0.25) is 4.79 Å². The van der Waals surface area contributed by atoms with Crippen molar-refractivity contribution in [3.63, 3.8) is 0 Å². The molecule has 0 saturated heterocycles. The van der Waals surface area contributed by atoms with E-state index in [1.807, 2.05) is 6.92 Å². The molecule has 0 unspecified atom stereocenters. The number of ether oxygens (including phenoxy) is 1. The van der Waals surface area contributed by atoms with Gasteiger partial charge in [0, 0.05) is 12.5 Å². The Morgan fingerprint density at radius 2 is 2.00 bits per heavy atom. The summed E-state index contributed by atoms with van der Waals surface area (Å²) in [5, 5.41) is 4.46. The molecule has 0 aliphatic heterocycles. The second-order valence-corrected chi connectivity index (χ2v) is 6.77. The molecule has 0 aromatic carbocycles. The van der Waals surface area contributed by atoms with Gasteiger partial charge in [-0.25, -0.2) is 0 Å². The van der Waals surface area contributed by atoms with Crippen LogP contribution in [0.4, 0.5) is 10.7 Å². The lowest BCUT2D eigenvalue weighted by Crippen LogP contribution is -2.25. The third kappa shape index (κ3) is 3.51. The van der Waals surface area contributed by atoms with Crippen LogP contribution in [0.15, 0.2) is 0 Å². The number of Topliss-reactive ketones (excluding diaryl/α,β-unsaturated/α-hetero) is 1. The summed E-state index contributed by atoms with van der Waals surface area (Å²) >= 11 is 1.43. The maximum absolute atomic E-state index is 11.9. The molecule has 0 atom stereocenters. The van der Waals surface area contributed by atoms with Gasteiger partial charge in [0.05, 0.1) is 17.7 Å². The first kappa shape index (κ1) is 16.1. The van der Waals surface area contributed by atoms with Crippen LogP contribution in [0.5, 0.6) is 5.75 Å². The van der Waals surface area contributed by atoms with Crippen LogP contribution in [0, 0.1) is 5.92 Å². The van der Waals surface area contributed by atoms with Gasteiger partial charge in [0.15, 0.2) is 11.5 Å². The number of nitrogens with two attached hydrogens (primary N) is 1. The van der Waals surface area contributed by atoms with Crippen molar-refractivity contribution in [2.24, 2.45) is 5.92 Å². The number of methoxy groups -OCH3 is 1. The van der Waals surface area contributed by atoms with Crippen molar-refractivity contribution in [3.05, 3.63) is 4.88 Å². The minimum absolute atomic E-state index is 0.0820. The van der Waals surface area contributed by atoms with Crippen LogP contribution in [0.3, 0.4) is 0 Å². The quantitative estimate of drug-likeness (QED) is 0.768. The van der Waals surface area contributed by atoms with Gasteiger partial charge in [0.1, 0.15) is 5.00 Å². The van der Waals surface area contributed by atoms with Crippen LogP contribution in [0.25, 0.3) is 0 Å². The largest absolute Gasteiger partial charge is 0.492 e. The number of thiophene rings is 1. The Kier molecular flexibility index (Phi) is 5.51. The van der Waals surface area contributed by atoms with Crippen molar-refractivity contribution < 1.29 is 9.53 Å². The lowest BCUT2D eigenvalue weighted by Gasteiger charge is -2.28. The number of carbonyl (C=O) groups is 1. The van der Waals surface area contributed by atoms with E-state index in [1.165, 1.54) is 43.4 Å². The molecular weight excluding hydrogens is 284 g/mol. The van der Waals surface area contributed by atoms with Gasteiger partial charge in [-0.2, -0.15) is 0 Å². The fourth-order valence-electron chi connectivity index (χ4n) is 2.99. The highest BCUT2D eigenvalue weighted by molar-refractivity contribution is 7.19. The van der Waals surface area contributed by atoms with Crippen LogP contribution in [-0.4, -0.2) is 18.9 Å². The van der Waals surface area contributed by atoms with Crippen LogP contribution in [-0.2, 0) is 0 Å². The molecule has 0 bridgehead atoms. The molecule has 0 spiro atoms. The zero-order valence-corrected chi connectivity index (χ0v) is 14.0. The normalized spacial score (nSPS) is 22.0. The topological polar surface area (TPSA) is 64.3 Å². The number of anilines is 2. The Balaban J connectivity index is 2.11. The van der Waals surface area contributed by atoms with E-state index in [9.17, 15) is 4.79 Å². The third-order valence-electron chi connectivity index (χ3n) is 4.44. The SMILES string of the molecule is CCC(=O)c1sc(NC2CCC(CC)CC2)c(OC)c1N. The minimum Gasteiger partial charge on any atom is -0.492 e. The number of hydrogen-bond donors (Lipinski definition) is 2. The van der Waals surface area contributed by atoms with Crippen molar-refractivity contribution in [3.8, 4) is 5.75 Å². The maximum atomic E-state index is 11.9. The molecule has 1 aliphatic rings. The summed E-state index contributed by atoms with van der Waals surface area (Å²) in [7, 11) is 1.61. The predicted molar refractivity (Wildman–Crippen MR) is 89.6 cm³/mol. The zero-order chi connectivity index (χ0) is 15.4. The summed E-state index contributed by atoms with van der Waals surface area (Å²) in [5.41, 5.74) is 6.55. The van der Waals surface area contributed by atoms with Crippen molar-refractivity contribution in [2.75, 3.05) is 18.2 Å². The highest BCUT2D eigenvalue weighted by Crippen LogP contribution is 2.44.